The first-order valence-electron chi connectivity index (χ1n) is 7.41. The van der Waals surface area contributed by atoms with Gasteiger partial charge in [-0.25, -0.2) is 0 Å². The summed E-state index contributed by atoms with van der Waals surface area (Å²) in [4.78, 5) is 14.3. The summed E-state index contributed by atoms with van der Waals surface area (Å²) < 4.78 is 4.21. The molecule has 0 unspecified atom stereocenters. The molecule has 3 rings (SSSR count). The molecule has 0 atom stereocenters. The van der Waals surface area contributed by atoms with Crippen molar-refractivity contribution in [1.29, 1.82) is 0 Å². The third kappa shape index (κ3) is 2.63. The van der Waals surface area contributed by atoms with Crippen LogP contribution in [-0.2, 0) is 4.79 Å². The number of amides is 1. The van der Waals surface area contributed by atoms with E-state index >= 15 is 0 Å². The Morgan fingerprint density at radius 2 is 2.21 bits per heavy atom. The molecule has 0 saturated carbocycles. The smallest absolute Gasteiger partial charge is 0.279 e. The molecule has 24 heavy (non-hydrogen) atoms. The van der Waals surface area contributed by atoms with E-state index in [1.54, 1.807) is 11.0 Å². The van der Waals surface area contributed by atoms with Crippen molar-refractivity contribution in [2.24, 2.45) is 10.2 Å². The summed E-state index contributed by atoms with van der Waals surface area (Å²) >= 11 is 1.23. The van der Waals surface area contributed by atoms with E-state index < -0.39 is 0 Å². The summed E-state index contributed by atoms with van der Waals surface area (Å²) in [5.41, 5.74) is 10.1. The highest BCUT2D eigenvalue weighted by Gasteiger charge is 2.33. The maximum atomic E-state index is 12.6. The van der Waals surface area contributed by atoms with Crippen molar-refractivity contribution >= 4 is 39.6 Å². The maximum Gasteiger partial charge on any atom is 0.279 e. The maximum absolute atomic E-state index is 12.6. The SMILES string of the molecule is C=CCN1C(=O)/C(=N\N=C(\C)c2c(C)nsc2N)c2ccccc21. The van der Waals surface area contributed by atoms with Gasteiger partial charge in [-0.05, 0) is 31.4 Å². The molecule has 2 aromatic rings. The molecule has 1 aromatic carbocycles. The number of hydrogen-bond acceptors (Lipinski definition) is 6. The van der Waals surface area contributed by atoms with Crippen molar-refractivity contribution in [1.82, 2.24) is 4.37 Å². The van der Waals surface area contributed by atoms with Crippen LogP contribution in [0.3, 0.4) is 0 Å². The van der Waals surface area contributed by atoms with Gasteiger partial charge >= 0.3 is 0 Å². The molecule has 2 N–H and O–H groups in total. The van der Waals surface area contributed by atoms with Crippen LogP contribution in [0.2, 0.25) is 0 Å². The fourth-order valence-electron chi connectivity index (χ4n) is 2.67. The molecule has 0 aliphatic carbocycles. The Labute approximate surface area is 144 Å². The van der Waals surface area contributed by atoms with Crippen LogP contribution in [-0.4, -0.2) is 28.2 Å². The normalized spacial score (nSPS) is 15.9. The van der Waals surface area contributed by atoms with Crippen LogP contribution >= 0.6 is 11.5 Å². The van der Waals surface area contributed by atoms with E-state index in [-0.39, 0.29) is 5.91 Å². The van der Waals surface area contributed by atoms with Crippen LogP contribution in [0.1, 0.15) is 23.7 Å². The number of anilines is 2. The van der Waals surface area contributed by atoms with Gasteiger partial charge in [0.1, 0.15) is 5.00 Å². The van der Waals surface area contributed by atoms with E-state index in [0.29, 0.717) is 23.0 Å². The summed E-state index contributed by atoms with van der Waals surface area (Å²) in [5, 5.41) is 9.05. The summed E-state index contributed by atoms with van der Waals surface area (Å²) in [7, 11) is 0. The molecule has 1 aromatic heterocycles. The molecule has 6 nitrogen and oxygen atoms in total. The van der Waals surface area contributed by atoms with Crippen molar-refractivity contribution < 1.29 is 4.79 Å². The molecule has 122 valence electrons. The number of aromatic nitrogens is 1. The van der Waals surface area contributed by atoms with Crippen molar-refractivity contribution in [2.75, 3.05) is 17.2 Å². The lowest BCUT2D eigenvalue weighted by Gasteiger charge is -2.13. The van der Waals surface area contributed by atoms with Crippen molar-refractivity contribution in [2.45, 2.75) is 13.8 Å². The van der Waals surface area contributed by atoms with E-state index in [0.717, 1.165) is 22.5 Å². The molecule has 2 heterocycles. The van der Waals surface area contributed by atoms with Gasteiger partial charge in [-0.2, -0.15) is 9.47 Å². The fraction of sp³-hybridized carbons (Fsp3) is 0.176. The zero-order valence-corrected chi connectivity index (χ0v) is 14.3. The summed E-state index contributed by atoms with van der Waals surface area (Å²) in [6, 6.07) is 7.52. The second-order valence-electron chi connectivity index (χ2n) is 5.36. The zero-order chi connectivity index (χ0) is 17.3. The standard InChI is InChI=1S/C17H17N5OS/c1-4-9-22-13-8-6-5-7-12(13)15(17(22)23)20-19-10(2)14-11(3)21-24-16(14)18/h4-8H,1,9,18H2,2-3H3/b19-10-,20-15-. The van der Waals surface area contributed by atoms with Crippen molar-refractivity contribution in [3.63, 3.8) is 0 Å². The molecule has 0 spiro atoms. The summed E-state index contributed by atoms with van der Waals surface area (Å²) in [5.74, 6) is -0.180. The van der Waals surface area contributed by atoms with Gasteiger partial charge in [0, 0.05) is 12.1 Å². The largest absolute Gasteiger partial charge is 0.389 e. The van der Waals surface area contributed by atoms with Gasteiger partial charge in [-0.1, -0.05) is 24.3 Å². The number of fused-ring (bicyclic) bond motifs is 1. The predicted octanol–water partition coefficient (Wildman–Crippen LogP) is 2.78. The number of nitrogens with two attached hydrogens (primary N) is 1. The summed E-state index contributed by atoms with van der Waals surface area (Å²) in [6.45, 7) is 7.81. The second kappa shape index (κ2) is 6.37. The molecule has 0 bridgehead atoms. The number of aryl methyl sites for hydroxylation is 1. The van der Waals surface area contributed by atoms with Gasteiger partial charge in [-0.15, -0.1) is 11.7 Å². The van der Waals surface area contributed by atoms with Gasteiger partial charge in [-0.3, -0.25) is 4.79 Å². The topological polar surface area (TPSA) is 83.9 Å². The van der Waals surface area contributed by atoms with Crippen LogP contribution in [0.15, 0.2) is 47.1 Å². The molecule has 1 amide bonds. The van der Waals surface area contributed by atoms with Crippen LogP contribution in [0.25, 0.3) is 0 Å². The van der Waals surface area contributed by atoms with Gasteiger partial charge in [0.25, 0.3) is 5.91 Å². The highest BCUT2D eigenvalue weighted by Crippen LogP contribution is 2.29. The molecule has 7 heteroatoms. The Morgan fingerprint density at radius 1 is 1.46 bits per heavy atom. The first-order chi connectivity index (χ1) is 11.5. The highest BCUT2D eigenvalue weighted by molar-refractivity contribution is 7.10. The number of rotatable bonds is 4. The number of hydrogen-bond donors (Lipinski definition) is 1. The van der Waals surface area contributed by atoms with Crippen molar-refractivity contribution in [3.8, 4) is 0 Å². The number of carbonyl (C=O) groups excluding carboxylic acids is 1. The Morgan fingerprint density at radius 3 is 2.88 bits per heavy atom. The quantitative estimate of drug-likeness (QED) is 0.528. The van der Waals surface area contributed by atoms with Gasteiger partial charge < -0.3 is 10.6 Å². The molecule has 0 fully saturated rings. The minimum Gasteiger partial charge on any atom is -0.389 e. The molecule has 1 aliphatic heterocycles. The molecular weight excluding hydrogens is 322 g/mol. The minimum atomic E-state index is -0.180. The highest BCUT2D eigenvalue weighted by atomic mass is 32.1. The predicted molar refractivity (Wildman–Crippen MR) is 99.0 cm³/mol. The number of nitrogens with zero attached hydrogens (tertiary/aromatic N) is 4. The van der Waals surface area contributed by atoms with E-state index in [1.165, 1.54) is 11.5 Å². The Balaban J connectivity index is 2.03. The van der Waals surface area contributed by atoms with Crippen LogP contribution < -0.4 is 10.6 Å². The monoisotopic (exact) mass is 339 g/mol. The first-order valence-corrected chi connectivity index (χ1v) is 8.18. The number of benzene rings is 1. The lowest BCUT2D eigenvalue weighted by atomic mass is 10.1. The fourth-order valence-corrected chi connectivity index (χ4v) is 3.38. The average molecular weight is 339 g/mol. The molecular formula is C17H17N5OS. The van der Waals surface area contributed by atoms with E-state index in [4.69, 9.17) is 5.73 Å². The van der Waals surface area contributed by atoms with Gasteiger partial charge in [0.05, 0.1) is 22.7 Å². The second-order valence-corrected chi connectivity index (χ2v) is 6.17. The number of nitrogen functional groups attached to an aromatic ring is 1. The molecule has 1 aliphatic rings. The average Bonchev–Trinajstić information content (AvgIpc) is 3.04. The lowest BCUT2D eigenvalue weighted by Crippen LogP contribution is -2.30. The van der Waals surface area contributed by atoms with Gasteiger partial charge in [0.2, 0.25) is 0 Å². The van der Waals surface area contributed by atoms with Crippen LogP contribution in [0.5, 0.6) is 0 Å². The molecule has 0 radical (unpaired) electrons. The van der Waals surface area contributed by atoms with Gasteiger partial charge in [0.15, 0.2) is 5.71 Å². The lowest BCUT2D eigenvalue weighted by molar-refractivity contribution is -0.112. The minimum absolute atomic E-state index is 0.180. The van der Waals surface area contributed by atoms with E-state index in [9.17, 15) is 4.79 Å². The third-order valence-corrected chi connectivity index (χ3v) is 4.53. The van der Waals surface area contributed by atoms with Crippen LogP contribution in [0.4, 0.5) is 10.7 Å². The number of para-hydroxylation sites is 1. The molecule has 0 saturated heterocycles. The van der Waals surface area contributed by atoms with E-state index in [2.05, 4.69) is 21.2 Å². The first kappa shape index (κ1) is 16.1. The number of carbonyl (C=O) groups is 1. The Kier molecular flexibility index (Phi) is 4.26. The van der Waals surface area contributed by atoms with E-state index in [1.807, 2.05) is 38.1 Å². The van der Waals surface area contributed by atoms with Crippen LogP contribution in [0, 0.1) is 6.92 Å². The Hall–Kier alpha value is -2.80. The third-order valence-electron chi connectivity index (χ3n) is 3.76. The zero-order valence-electron chi connectivity index (χ0n) is 13.5. The summed E-state index contributed by atoms with van der Waals surface area (Å²) in [6.07, 6.45) is 1.69. The van der Waals surface area contributed by atoms with Crippen molar-refractivity contribution in [3.05, 3.63) is 53.7 Å². The Bertz CT molecular complexity index is 861.